The lowest BCUT2D eigenvalue weighted by atomic mass is 10.1. The van der Waals surface area contributed by atoms with Crippen molar-refractivity contribution < 1.29 is 9.59 Å². The molecular weight excluding hydrogens is 368 g/mol. The maximum Gasteiger partial charge on any atom is 0.228 e. The summed E-state index contributed by atoms with van der Waals surface area (Å²) in [4.78, 5) is 24.6. The third-order valence-electron chi connectivity index (χ3n) is 4.42. The highest BCUT2D eigenvalue weighted by atomic mass is 79.9. The Balaban J connectivity index is 1.59. The summed E-state index contributed by atoms with van der Waals surface area (Å²) in [6.45, 7) is 3.99. The van der Waals surface area contributed by atoms with E-state index >= 15 is 0 Å². The molecule has 2 N–H and O–H groups in total. The highest BCUT2D eigenvalue weighted by Crippen LogP contribution is 2.40. The highest BCUT2D eigenvalue weighted by molar-refractivity contribution is 9.10. The van der Waals surface area contributed by atoms with Gasteiger partial charge in [-0.25, -0.2) is 0 Å². The Kier molecular flexibility index (Phi) is 4.71. The topological polar surface area (TPSA) is 58.2 Å². The van der Waals surface area contributed by atoms with Crippen molar-refractivity contribution in [3.05, 3.63) is 58.1 Å². The molecule has 2 aromatic rings. The molecule has 1 aliphatic carbocycles. The molecule has 0 aromatic heterocycles. The summed E-state index contributed by atoms with van der Waals surface area (Å²) < 4.78 is 0.903. The zero-order valence-electron chi connectivity index (χ0n) is 13.6. The Labute approximate surface area is 149 Å². The molecule has 0 bridgehead atoms. The molecule has 0 spiro atoms. The number of nitrogens with one attached hydrogen (secondary N) is 2. The Morgan fingerprint density at radius 3 is 2.38 bits per heavy atom. The largest absolute Gasteiger partial charge is 0.326 e. The van der Waals surface area contributed by atoms with E-state index in [2.05, 4.69) is 26.6 Å². The predicted octanol–water partition coefficient (Wildman–Crippen LogP) is 4.28. The summed E-state index contributed by atoms with van der Waals surface area (Å²) in [6, 6.07) is 13.2. The fourth-order valence-electron chi connectivity index (χ4n) is 2.69. The van der Waals surface area contributed by atoms with Gasteiger partial charge in [0.15, 0.2) is 0 Å². The van der Waals surface area contributed by atoms with Crippen LogP contribution in [0, 0.1) is 25.7 Å². The van der Waals surface area contributed by atoms with Gasteiger partial charge in [-0.3, -0.25) is 9.59 Å². The summed E-state index contributed by atoms with van der Waals surface area (Å²) in [7, 11) is 0. The number of hydrogen-bond donors (Lipinski definition) is 2. The quantitative estimate of drug-likeness (QED) is 0.823. The van der Waals surface area contributed by atoms with Gasteiger partial charge in [-0.05, 0) is 55.7 Å². The Morgan fingerprint density at radius 1 is 1.00 bits per heavy atom. The van der Waals surface area contributed by atoms with Gasteiger partial charge in [0, 0.05) is 15.8 Å². The standard InChI is InChI=1S/C19H19BrN2O2/c1-11-5-3-8-17(12(11)2)22-19(24)16-10-15(16)18(23)21-14-7-4-6-13(20)9-14/h3-9,15-16H,10H2,1-2H3,(H,21,23)(H,22,24). The van der Waals surface area contributed by atoms with Gasteiger partial charge < -0.3 is 10.6 Å². The lowest BCUT2D eigenvalue weighted by molar-refractivity contribution is -0.122. The van der Waals surface area contributed by atoms with Crippen LogP contribution < -0.4 is 10.6 Å². The van der Waals surface area contributed by atoms with Gasteiger partial charge in [0.05, 0.1) is 11.8 Å². The fourth-order valence-corrected chi connectivity index (χ4v) is 3.09. The van der Waals surface area contributed by atoms with E-state index in [-0.39, 0.29) is 23.7 Å². The maximum absolute atomic E-state index is 12.4. The first-order valence-electron chi connectivity index (χ1n) is 7.89. The molecule has 24 heavy (non-hydrogen) atoms. The smallest absolute Gasteiger partial charge is 0.228 e. The highest BCUT2D eigenvalue weighted by Gasteiger charge is 2.48. The molecule has 0 saturated heterocycles. The third-order valence-corrected chi connectivity index (χ3v) is 4.91. The number of carbonyl (C=O) groups is 2. The molecule has 1 saturated carbocycles. The van der Waals surface area contributed by atoms with Gasteiger partial charge in [0.2, 0.25) is 11.8 Å². The van der Waals surface area contributed by atoms with E-state index in [0.29, 0.717) is 6.42 Å². The van der Waals surface area contributed by atoms with E-state index in [1.807, 2.05) is 56.3 Å². The van der Waals surface area contributed by atoms with Crippen LogP contribution in [0.1, 0.15) is 17.5 Å². The minimum Gasteiger partial charge on any atom is -0.326 e. The number of benzene rings is 2. The second-order valence-electron chi connectivity index (χ2n) is 6.19. The summed E-state index contributed by atoms with van der Waals surface area (Å²) >= 11 is 3.37. The molecule has 3 rings (SSSR count). The summed E-state index contributed by atoms with van der Waals surface area (Å²) in [5, 5.41) is 5.81. The lowest BCUT2D eigenvalue weighted by Crippen LogP contribution is -2.21. The van der Waals surface area contributed by atoms with Crippen LogP contribution in [0.3, 0.4) is 0 Å². The van der Waals surface area contributed by atoms with Crippen LogP contribution >= 0.6 is 15.9 Å². The van der Waals surface area contributed by atoms with Crippen molar-refractivity contribution in [1.82, 2.24) is 0 Å². The normalized spacial score (nSPS) is 18.8. The fraction of sp³-hybridized carbons (Fsp3) is 0.263. The zero-order chi connectivity index (χ0) is 17.3. The Hall–Kier alpha value is -2.14. The third kappa shape index (κ3) is 3.67. The lowest BCUT2D eigenvalue weighted by Gasteiger charge is -2.10. The number of carbonyl (C=O) groups excluding carboxylic acids is 2. The van der Waals surface area contributed by atoms with Gasteiger partial charge in [-0.1, -0.05) is 34.1 Å². The first-order chi connectivity index (χ1) is 11.5. The SMILES string of the molecule is Cc1cccc(NC(=O)C2CC2C(=O)Nc2cccc(Br)c2)c1C. The van der Waals surface area contributed by atoms with Crippen LogP contribution in [-0.2, 0) is 9.59 Å². The molecule has 5 heteroatoms. The van der Waals surface area contributed by atoms with E-state index in [4.69, 9.17) is 0 Å². The van der Waals surface area contributed by atoms with Crippen molar-refractivity contribution in [3.63, 3.8) is 0 Å². The molecular formula is C19H19BrN2O2. The van der Waals surface area contributed by atoms with E-state index < -0.39 is 0 Å². The van der Waals surface area contributed by atoms with Gasteiger partial charge in [-0.15, -0.1) is 0 Å². The molecule has 0 radical (unpaired) electrons. The van der Waals surface area contributed by atoms with Gasteiger partial charge in [0.25, 0.3) is 0 Å². The molecule has 0 heterocycles. The van der Waals surface area contributed by atoms with E-state index in [1.165, 1.54) is 0 Å². The predicted molar refractivity (Wildman–Crippen MR) is 98.9 cm³/mol. The van der Waals surface area contributed by atoms with Crippen LogP contribution in [0.2, 0.25) is 0 Å². The number of aryl methyl sites for hydroxylation is 1. The van der Waals surface area contributed by atoms with Crippen molar-refractivity contribution in [2.45, 2.75) is 20.3 Å². The summed E-state index contributed by atoms with van der Waals surface area (Å²) in [6.07, 6.45) is 0.594. The number of anilines is 2. The Bertz CT molecular complexity index is 804. The van der Waals surface area contributed by atoms with E-state index in [1.54, 1.807) is 0 Å². The van der Waals surface area contributed by atoms with Crippen molar-refractivity contribution in [2.75, 3.05) is 10.6 Å². The van der Waals surface area contributed by atoms with Crippen LogP contribution in [0.4, 0.5) is 11.4 Å². The second-order valence-corrected chi connectivity index (χ2v) is 7.10. The van der Waals surface area contributed by atoms with Crippen molar-refractivity contribution in [1.29, 1.82) is 0 Å². The van der Waals surface area contributed by atoms with Crippen LogP contribution in [0.5, 0.6) is 0 Å². The molecule has 2 unspecified atom stereocenters. The Morgan fingerprint density at radius 2 is 1.67 bits per heavy atom. The maximum atomic E-state index is 12.4. The summed E-state index contributed by atoms with van der Waals surface area (Å²) in [5.74, 6) is -0.696. The molecule has 2 aromatic carbocycles. The average Bonchev–Trinajstić information content (AvgIpc) is 3.32. The summed E-state index contributed by atoms with van der Waals surface area (Å²) in [5.41, 5.74) is 3.74. The molecule has 124 valence electrons. The first-order valence-corrected chi connectivity index (χ1v) is 8.68. The monoisotopic (exact) mass is 386 g/mol. The molecule has 1 aliphatic rings. The van der Waals surface area contributed by atoms with Crippen LogP contribution in [-0.4, -0.2) is 11.8 Å². The molecule has 4 nitrogen and oxygen atoms in total. The van der Waals surface area contributed by atoms with Crippen molar-refractivity contribution in [3.8, 4) is 0 Å². The molecule has 1 fully saturated rings. The van der Waals surface area contributed by atoms with Gasteiger partial charge >= 0.3 is 0 Å². The first kappa shape index (κ1) is 16.7. The van der Waals surface area contributed by atoms with Crippen molar-refractivity contribution in [2.24, 2.45) is 11.8 Å². The van der Waals surface area contributed by atoms with E-state index in [0.717, 1.165) is 27.0 Å². The van der Waals surface area contributed by atoms with Gasteiger partial charge in [-0.2, -0.15) is 0 Å². The van der Waals surface area contributed by atoms with Gasteiger partial charge in [0.1, 0.15) is 0 Å². The molecule has 2 atom stereocenters. The van der Waals surface area contributed by atoms with E-state index in [9.17, 15) is 9.59 Å². The zero-order valence-corrected chi connectivity index (χ0v) is 15.2. The minimum atomic E-state index is -0.255. The number of halogens is 1. The number of rotatable bonds is 4. The second kappa shape index (κ2) is 6.77. The number of amides is 2. The minimum absolute atomic E-state index is 0.0851. The van der Waals surface area contributed by atoms with Crippen LogP contribution in [0.15, 0.2) is 46.9 Å². The van der Waals surface area contributed by atoms with Crippen molar-refractivity contribution >= 4 is 39.1 Å². The average molecular weight is 387 g/mol. The van der Waals surface area contributed by atoms with Crippen LogP contribution in [0.25, 0.3) is 0 Å². The molecule has 0 aliphatic heterocycles. The number of hydrogen-bond acceptors (Lipinski definition) is 2. The molecule has 2 amide bonds.